The van der Waals surface area contributed by atoms with Gasteiger partial charge in [-0.3, -0.25) is 9.59 Å². The van der Waals surface area contributed by atoms with Crippen LogP contribution in [0.5, 0.6) is 0 Å². The molecule has 0 aliphatic rings. The predicted molar refractivity (Wildman–Crippen MR) is 58.8 cm³/mol. The van der Waals surface area contributed by atoms with Crippen molar-refractivity contribution in [3.8, 4) is 0 Å². The van der Waals surface area contributed by atoms with E-state index in [9.17, 15) is 9.59 Å². The zero-order valence-electron chi connectivity index (χ0n) is 8.43. The van der Waals surface area contributed by atoms with Gasteiger partial charge in [0.15, 0.2) is 5.78 Å². The molecule has 0 aliphatic carbocycles. The number of hydrogen-bond donors (Lipinski definition) is 0. The monoisotopic (exact) mass is 224 g/mol. The molecule has 0 saturated carbocycles. The smallest absolute Gasteiger partial charge is 0.313 e. The van der Waals surface area contributed by atoms with Gasteiger partial charge in [-0.05, 0) is 12.1 Å². The summed E-state index contributed by atoms with van der Waals surface area (Å²) in [5.41, 5.74) is 0. The fraction of sp³-hybridized carbons (Fsp3) is 0.273. The lowest BCUT2D eigenvalue weighted by Gasteiger charge is -2.00. The predicted octanol–water partition coefficient (Wildman–Crippen LogP) is 1.91. The topological polar surface area (TPSA) is 43.4 Å². The maximum absolute atomic E-state index is 11.3. The maximum Gasteiger partial charge on any atom is 0.313 e. The summed E-state index contributed by atoms with van der Waals surface area (Å²) in [5.74, 6) is -0.289. The Bertz CT molecular complexity index is 335. The minimum absolute atomic E-state index is 0.115. The minimum Gasteiger partial charge on any atom is -0.469 e. The molecule has 1 rings (SSSR count). The lowest BCUT2D eigenvalue weighted by molar-refractivity contribution is -0.142. The van der Waals surface area contributed by atoms with E-state index in [-0.39, 0.29) is 12.2 Å². The number of carbonyl (C=O) groups is 2. The molecule has 0 radical (unpaired) electrons. The average Bonchev–Trinajstić information content (AvgIpc) is 2.27. The van der Waals surface area contributed by atoms with Crippen molar-refractivity contribution in [1.82, 2.24) is 0 Å². The molecular formula is C11H12O3S. The fourth-order valence-electron chi connectivity index (χ4n) is 0.965. The van der Waals surface area contributed by atoms with Crippen LogP contribution in [0.2, 0.25) is 0 Å². The number of rotatable bonds is 5. The molecule has 15 heavy (non-hydrogen) atoms. The van der Waals surface area contributed by atoms with Gasteiger partial charge in [0.2, 0.25) is 0 Å². The highest BCUT2D eigenvalue weighted by Gasteiger charge is 2.09. The van der Waals surface area contributed by atoms with Gasteiger partial charge in [-0.15, -0.1) is 11.8 Å². The second-order valence-electron chi connectivity index (χ2n) is 2.89. The molecule has 0 saturated heterocycles. The molecule has 1 aromatic rings. The highest BCUT2D eigenvalue weighted by atomic mass is 32.2. The standard InChI is InChI=1S/C11H12O3S/c1-14-11(13)7-9(12)8-15-10-5-3-2-4-6-10/h2-6H,7-8H2,1H3. The molecule has 0 atom stereocenters. The van der Waals surface area contributed by atoms with Gasteiger partial charge in [-0.1, -0.05) is 18.2 Å². The highest BCUT2D eigenvalue weighted by Crippen LogP contribution is 2.17. The van der Waals surface area contributed by atoms with E-state index in [0.717, 1.165) is 4.90 Å². The van der Waals surface area contributed by atoms with E-state index in [4.69, 9.17) is 0 Å². The lowest BCUT2D eigenvalue weighted by Crippen LogP contribution is -2.10. The van der Waals surface area contributed by atoms with E-state index >= 15 is 0 Å². The van der Waals surface area contributed by atoms with Gasteiger partial charge in [0, 0.05) is 4.90 Å². The Hall–Kier alpha value is -1.29. The summed E-state index contributed by atoms with van der Waals surface area (Å²) in [5, 5.41) is 0. The first kappa shape index (κ1) is 11.8. The molecular weight excluding hydrogens is 212 g/mol. The Morgan fingerprint density at radius 2 is 1.93 bits per heavy atom. The van der Waals surface area contributed by atoms with Gasteiger partial charge in [0.1, 0.15) is 6.42 Å². The summed E-state index contributed by atoms with van der Waals surface area (Å²) in [6, 6.07) is 9.59. The fourth-order valence-corrected chi connectivity index (χ4v) is 1.74. The van der Waals surface area contributed by atoms with Crippen molar-refractivity contribution < 1.29 is 14.3 Å². The first-order valence-corrected chi connectivity index (χ1v) is 5.47. The summed E-state index contributed by atoms with van der Waals surface area (Å²) in [4.78, 5) is 23.1. The molecule has 80 valence electrons. The van der Waals surface area contributed by atoms with Gasteiger partial charge in [0.05, 0.1) is 12.9 Å². The summed E-state index contributed by atoms with van der Waals surface area (Å²) < 4.78 is 4.40. The molecule has 0 unspecified atom stereocenters. The van der Waals surface area contributed by atoms with E-state index in [1.807, 2.05) is 30.3 Å². The van der Waals surface area contributed by atoms with Crippen LogP contribution in [0.15, 0.2) is 35.2 Å². The number of methoxy groups -OCH3 is 1. The van der Waals surface area contributed by atoms with Crippen LogP contribution in [0.3, 0.4) is 0 Å². The van der Waals surface area contributed by atoms with E-state index < -0.39 is 5.97 Å². The summed E-state index contributed by atoms with van der Waals surface area (Å²) in [6.07, 6.45) is -0.143. The SMILES string of the molecule is COC(=O)CC(=O)CSc1ccccc1. The highest BCUT2D eigenvalue weighted by molar-refractivity contribution is 8.00. The number of carbonyl (C=O) groups excluding carboxylic acids is 2. The van der Waals surface area contributed by atoms with E-state index in [1.165, 1.54) is 18.9 Å². The Kier molecular flexibility index (Phi) is 4.90. The molecule has 1 aromatic carbocycles. The van der Waals surface area contributed by atoms with Crippen LogP contribution in [0.25, 0.3) is 0 Å². The summed E-state index contributed by atoms with van der Waals surface area (Å²) in [7, 11) is 1.28. The van der Waals surface area contributed by atoms with Crippen LogP contribution >= 0.6 is 11.8 Å². The van der Waals surface area contributed by atoms with Gasteiger partial charge in [-0.2, -0.15) is 0 Å². The minimum atomic E-state index is -0.478. The van der Waals surface area contributed by atoms with Crippen molar-refractivity contribution >= 4 is 23.5 Å². The Balaban J connectivity index is 2.32. The van der Waals surface area contributed by atoms with Crippen LogP contribution in [0.4, 0.5) is 0 Å². The van der Waals surface area contributed by atoms with Crippen LogP contribution in [0, 0.1) is 0 Å². The maximum atomic E-state index is 11.3. The van der Waals surface area contributed by atoms with Gasteiger partial charge in [0.25, 0.3) is 0 Å². The van der Waals surface area contributed by atoms with Crippen molar-refractivity contribution in [2.45, 2.75) is 11.3 Å². The molecule has 0 bridgehead atoms. The van der Waals surface area contributed by atoms with Crippen molar-refractivity contribution in [3.05, 3.63) is 30.3 Å². The van der Waals surface area contributed by atoms with Gasteiger partial charge >= 0.3 is 5.97 Å². The first-order chi connectivity index (χ1) is 7.22. The number of ketones is 1. The molecule has 0 fully saturated rings. The normalized spacial score (nSPS) is 9.67. The summed E-state index contributed by atoms with van der Waals surface area (Å²) >= 11 is 1.42. The van der Waals surface area contributed by atoms with Crippen molar-refractivity contribution in [1.29, 1.82) is 0 Å². The lowest BCUT2D eigenvalue weighted by atomic mass is 10.3. The Morgan fingerprint density at radius 3 is 2.53 bits per heavy atom. The van der Waals surface area contributed by atoms with Crippen molar-refractivity contribution in [3.63, 3.8) is 0 Å². The molecule has 0 spiro atoms. The number of esters is 1. The number of Topliss-reactive ketones (excluding diaryl/α,β-unsaturated/α-hetero) is 1. The van der Waals surface area contributed by atoms with Gasteiger partial charge in [-0.25, -0.2) is 0 Å². The van der Waals surface area contributed by atoms with Crippen LogP contribution in [-0.4, -0.2) is 24.6 Å². The molecule has 0 heterocycles. The van der Waals surface area contributed by atoms with Crippen LogP contribution in [-0.2, 0) is 14.3 Å². The second kappa shape index (κ2) is 6.24. The first-order valence-electron chi connectivity index (χ1n) is 4.48. The van der Waals surface area contributed by atoms with Crippen molar-refractivity contribution in [2.24, 2.45) is 0 Å². The summed E-state index contributed by atoms with van der Waals surface area (Å²) in [6.45, 7) is 0. The van der Waals surface area contributed by atoms with E-state index in [1.54, 1.807) is 0 Å². The van der Waals surface area contributed by atoms with E-state index in [2.05, 4.69) is 4.74 Å². The molecule has 4 heteroatoms. The third kappa shape index (κ3) is 4.65. The third-order valence-electron chi connectivity index (χ3n) is 1.71. The molecule has 0 N–H and O–H groups in total. The largest absolute Gasteiger partial charge is 0.469 e. The zero-order valence-corrected chi connectivity index (χ0v) is 9.25. The number of thioether (sulfide) groups is 1. The molecule has 0 aliphatic heterocycles. The second-order valence-corrected chi connectivity index (χ2v) is 3.94. The van der Waals surface area contributed by atoms with E-state index in [0.29, 0.717) is 5.75 Å². The number of hydrogen-bond acceptors (Lipinski definition) is 4. The van der Waals surface area contributed by atoms with Crippen LogP contribution < -0.4 is 0 Å². The molecule has 0 amide bonds. The van der Waals surface area contributed by atoms with Crippen molar-refractivity contribution in [2.75, 3.05) is 12.9 Å². The Morgan fingerprint density at radius 1 is 1.27 bits per heavy atom. The Labute approximate surface area is 92.8 Å². The quantitative estimate of drug-likeness (QED) is 0.435. The number of ether oxygens (including phenoxy) is 1. The molecule has 0 aromatic heterocycles. The van der Waals surface area contributed by atoms with Crippen LogP contribution in [0.1, 0.15) is 6.42 Å². The molecule has 3 nitrogen and oxygen atoms in total. The number of benzene rings is 1. The third-order valence-corrected chi connectivity index (χ3v) is 2.78. The zero-order chi connectivity index (χ0) is 11.1. The average molecular weight is 224 g/mol. The van der Waals surface area contributed by atoms with Gasteiger partial charge < -0.3 is 4.74 Å².